The molecule has 0 aromatic rings. The molecule has 0 aromatic carbocycles. The fourth-order valence-electron chi connectivity index (χ4n) is 1.74. The molecule has 1 aliphatic carbocycles. The van der Waals surface area contributed by atoms with E-state index in [1.54, 1.807) is 0 Å². The summed E-state index contributed by atoms with van der Waals surface area (Å²) in [6.45, 7) is 4.82. The summed E-state index contributed by atoms with van der Waals surface area (Å²) in [6, 6.07) is 1.64. The maximum Gasteiger partial charge on any atom is 0.0212 e. The van der Waals surface area contributed by atoms with Gasteiger partial charge in [0.05, 0.1) is 0 Å². The first-order valence-corrected chi connectivity index (χ1v) is 6.18. The van der Waals surface area contributed by atoms with Crippen molar-refractivity contribution in [2.45, 2.75) is 45.2 Å². The standard InChI is InChI=1S/C10H19NS/c1-10(2)5-6-12-7-9(10)11-8-3-4-8/h8-9,11H,3-7H2,1-2H3. The van der Waals surface area contributed by atoms with Gasteiger partial charge < -0.3 is 5.32 Å². The molecule has 12 heavy (non-hydrogen) atoms. The Kier molecular flexibility index (Phi) is 2.39. The van der Waals surface area contributed by atoms with Crippen molar-refractivity contribution in [3.8, 4) is 0 Å². The van der Waals surface area contributed by atoms with Crippen molar-refractivity contribution in [1.82, 2.24) is 5.32 Å². The molecular weight excluding hydrogens is 166 g/mol. The van der Waals surface area contributed by atoms with Gasteiger partial charge in [-0.2, -0.15) is 11.8 Å². The third-order valence-electron chi connectivity index (χ3n) is 3.13. The van der Waals surface area contributed by atoms with E-state index in [1.165, 1.54) is 30.8 Å². The molecule has 0 radical (unpaired) electrons. The third kappa shape index (κ3) is 1.97. The Morgan fingerprint density at radius 2 is 2.08 bits per heavy atom. The van der Waals surface area contributed by atoms with Crippen molar-refractivity contribution < 1.29 is 0 Å². The Balaban J connectivity index is 1.90. The van der Waals surface area contributed by atoms with Gasteiger partial charge >= 0.3 is 0 Å². The van der Waals surface area contributed by atoms with Crippen LogP contribution in [0.15, 0.2) is 0 Å². The molecule has 1 saturated heterocycles. The van der Waals surface area contributed by atoms with E-state index >= 15 is 0 Å². The normalized spacial score (nSPS) is 35.0. The fourth-order valence-corrected chi connectivity index (χ4v) is 3.36. The van der Waals surface area contributed by atoms with E-state index in [2.05, 4.69) is 30.9 Å². The number of nitrogens with one attached hydrogen (secondary N) is 1. The van der Waals surface area contributed by atoms with Crippen molar-refractivity contribution >= 4 is 11.8 Å². The molecule has 1 aliphatic heterocycles. The highest BCUT2D eigenvalue weighted by atomic mass is 32.2. The molecule has 1 unspecified atom stereocenters. The fraction of sp³-hybridized carbons (Fsp3) is 1.00. The lowest BCUT2D eigenvalue weighted by atomic mass is 9.82. The number of hydrogen-bond donors (Lipinski definition) is 1. The van der Waals surface area contributed by atoms with E-state index < -0.39 is 0 Å². The topological polar surface area (TPSA) is 12.0 Å². The summed E-state index contributed by atoms with van der Waals surface area (Å²) in [7, 11) is 0. The average Bonchev–Trinajstić information content (AvgIpc) is 2.77. The predicted molar refractivity (Wildman–Crippen MR) is 55.7 cm³/mol. The largest absolute Gasteiger partial charge is 0.310 e. The quantitative estimate of drug-likeness (QED) is 0.708. The van der Waals surface area contributed by atoms with Crippen LogP contribution in [0, 0.1) is 5.41 Å². The van der Waals surface area contributed by atoms with Crippen LogP contribution >= 0.6 is 11.8 Å². The van der Waals surface area contributed by atoms with Crippen LogP contribution in [0.4, 0.5) is 0 Å². The summed E-state index contributed by atoms with van der Waals surface area (Å²) in [5.74, 6) is 2.68. The molecule has 1 saturated carbocycles. The van der Waals surface area contributed by atoms with Crippen molar-refractivity contribution in [2.24, 2.45) is 5.41 Å². The molecule has 2 rings (SSSR count). The zero-order valence-electron chi connectivity index (χ0n) is 8.10. The second kappa shape index (κ2) is 3.22. The highest BCUT2D eigenvalue weighted by Crippen LogP contribution is 2.36. The predicted octanol–water partition coefficient (Wildman–Crippen LogP) is 2.27. The Morgan fingerprint density at radius 3 is 2.67 bits per heavy atom. The molecule has 1 nitrogen and oxygen atoms in total. The maximum atomic E-state index is 3.76. The van der Waals surface area contributed by atoms with Crippen LogP contribution in [0.1, 0.15) is 33.1 Å². The zero-order chi connectivity index (χ0) is 8.60. The van der Waals surface area contributed by atoms with Gasteiger partial charge in [0.1, 0.15) is 0 Å². The van der Waals surface area contributed by atoms with Gasteiger partial charge in [-0.25, -0.2) is 0 Å². The maximum absolute atomic E-state index is 3.76. The number of rotatable bonds is 2. The summed E-state index contributed by atoms with van der Waals surface area (Å²) < 4.78 is 0. The highest BCUT2D eigenvalue weighted by Gasteiger charge is 2.35. The summed E-state index contributed by atoms with van der Waals surface area (Å²) in [4.78, 5) is 0. The van der Waals surface area contributed by atoms with Crippen LogP contribution in [0.3, 0.4) is 0 Å². The lowest BCUT2D eigenvalue weighted by Crippen LogP contribution is -2.47. The van der Waals surface area contributed by atoms with E-state index in [0.717, 1.165) is 12.1 Å². The first-order valence-electron chi connectivity index (χ1n) is 5.02. The Morgan fingerprint density at radius 1 is 1.33 bits per heavy atom. The summed E-state index contributed by atoms with van der Waals surface area (Å²) >= 11 is 2.11. The minimum atomic E-state index is 0.536. The molecule has 2 heteroatoms. The van der Waals surface area contributed by atoms with Crippen molar-refractivity contribution in [3.05, 3.63) is 0 Å². The molecule has 0 spiro atoms. The van der Waals surface area contributed by atoms with Gasteiger partial charge in [-0.3, -0.25) is 0 Å². The van der Waals surface area contributed by atoms with Crippen LogP contribution in [0.2, 0.25) is 0 Å². The average molecular weight is 185 g/mol. The van der Waals surface area contributed by atoms with Crippen molar-refractivity contribution in [2.75, 3.05) is 11.5 Å². The molecule has 2 aliphatic rings. The van der Waals surface area contributed by atoms with Crippen LogP contribution < -0.4 is 5.32 Å². The second-order valence-electron chi connectivity index (χ2n) is 4.81. The van der Waals surface area contributed by atoms with Crippen LogP contribution in [-0.2, 0) is 0 Å². The van der Waals surface area contributed by atoms with Gasteiger partial charge in [-0.05, 0) is 30.4 Å². The van der Waals surface area contributed by atoms with Crippen molar-refractivity contribution in [1.29, 1.82) is 0 Å². The lowest BCUT2D eigenvalue weighted by Gasteiger charge is -2.39. The monoisotopic (exact) mass is 185 g/mol. The minimum absolute atomic E-state index is 0.536. The van der Waals surface area contributed by atoms with Gasteiger partial charge in [-0.1, -0.05) is 13.8 Å². The zero-order valence-corrected chi connectivity index (χ0v) is 8.91. The molecule has 0 aromatic heterocycles. The van der Waals surface area contributed by atoms with Gasteiger partial charge in [-0.15, -0.1) is 0 Å². The lowest BCUT2D eigenvalue weighted by molar-refractivity contribution is 0.244. The smallest absolute Gasteiger partial charge is 0.0212 e. The molecule has 0 amide bonds. The molecule has 1 atom stereocenters. The SMILES string of the molecule is CC1(C)CCSCC1NC1CC1. The van der Waals surface area contributed by atoms with Gasteiger partial charge in [0.15, 0.2) is 0 Å². The van der Waals surface area contributed by atoms with Gasteiger partial charge in [0, 0.05) is 17.8 Å². The summed E-state index contributed by atoms with van der Waals surface area (Å²) in [5.41, 5.74) is 0.536. The van der Waals surface area contributed by atoms with Crippen molar-refractivity contribution in [3.63, 3.8) is 0 Å². The number of thioether (sulfide) groups is 1. The van der Waals surface area contributed by atoms with E-state index in [-0.39, 0.29) is 0 Å². The molecule has 2 fully saturated rings. The van der Waals surface area contributed by atoms with E-state index in [1.807, 2.05) is 0 Å². The Labute approximate surface area is 79.7 Å². The first kappa shape index (κ1) is 8.89. The van der Waals surface area contributed by atoms with E-state index in [4.69, 9.17) is 0 Å². The highest BCUT2D eigenvalue weighted by molar-refractivity contribution is 7.99. The van der Waals surface area contributed by atoms with Gasteiger partial charge in [0.25, 0.3) is 0 Å². The minimum Gasteiger partial charge on any atom is -0.310 e. The van der Waals surface area contributed by atoms with Crippen LogP contribution in [-0.4, -0.2) is 23.6 Å². The number of hydrogen-bond acceptors (Lipinski definition) is 2. The Bertz CT molecular complexity index is 163. The second-order valence-corrected chi connectivity index (χ2v) is 5.96. The molecule has 1 N–H and O–H groups in total. The van der Waals surface area contributed by atoms with E-state index in [9.17, 15) is 0 Å². The first-order chi connectivity index (χ1) is 5.68. The van der Waals surface area contributed by atoms with Crippen LogP contribution in [0.5, 0.6) is 0 Å². The summed E-state index contributed by atoms with van der Waals surface area (Å²) in [6.07, 6.45) is 4.20. The molecule has 0 bridgehead atoms. The van der Waals surface area contributed by atoms with Gasteiger partial charge in [0.2, 0.25) is 0 Å². The molecule has 1 heterocycles. The van der Waals surface area contributed by atoms with E-state index in [0.29, 0.717) is 5.41 Å². The molecule has 70 valence electrons. The Hall–Kier alpha value is 0.310. The van der Waals surface area contributed by atoms with Crippen LogP contribution in [0.25, 0.3) is 0 Å². The summed E-state index contributed by atoms with van der Waals surface area (Å²) in [5, 5.41) is 3.76. The third-order valence-corrected chi connectivity index (χ3v) is 4.19. The molecular formula is C10H19NS.